The van der Waals surface area contributed by atoms with Gasteiger partial charge in [0.2, 0.25) is 0 Å². The highest BCUT2D eigenvalue weighted by Crippen LogP contribution is 2.16. The molecule has 0 atom stereocenters. The molecule has 2 aromatic rings. The van der Waals surface area contributed by atoms with Gasteiger partial charge in [-0.1, -0.05) is 11.6 Å². The zero-order valence-corrected chi connectivity index (χ0v) is 8.22. The molecule has 0 spiro atoms. The van der Waals surface area contributed by atoms with E-state index >= 15 is 0 Å². The third kappa shape index (κ3) is 1.82. The summed E-state index contributed by atoms with van der Waals surface area (Å²) >= 11 is 5.89. The second-order valence-corrected chi connectivity index (χ2v) is 3.19. The van der Waals surface area contributed by atoms with Crippen LogP contribution in [0.1, 0.15) is 10.5 Å². The van der Waals surface area contributed by atoms with E-state index in [9.17, 15) is 4.79 Å². The van der Waals surface area contributed by atoms with Gasteiger partial charge < -0.3 is 5.11 Å². The maximum atomic E-state index is 10.6. The number of hydrogen-bond acceptors (Lipinski definition) is 3. The van der Waals surface area contributed by atoms with E-state index in [4.69, 9.17) is 16.7 Å². The first kappa shape index (κ1) is 9.67. The molecular weight excluding hydrogens is 218 g/mol. The molecule has 0 aromatic carbocycles. The molecule has 0 bridgehead atoms. The number of carbonyl (C=O) groups is 1. The van der Waals surface area contributed by atoms with Gasteiger partial charge in [-0.15, -0.1) is 0 Å². The molecule has 5 nitrogen and oxygen atoms in total. The van der Waals surface area contributed by atoms with E-state index < -0.39 is 5.97 Å². The first-order valence-corrected chi connectivity index (χ1v) is 4.44. The first-order valence-electron chi connectivity index (χ1n) is 4.06. The molecule has 0 radical (unpaired) electrons. The Labute approximate surface area is 90.0 Å². The molecular formula is C9H6ClN3O2. The Hall–Kier alpha value is -1.88. The minimum Gasteiger partial charge on any atom is -0.476 e. The van der Waals surface area contributed by atoms with Crippen LogP contribution < -0.4 is 0 Å². The Kier molecular flexibility index (Phi) is 2.39. The molecule has 0 amide bonds. The van der Waals surface area contributed by atoms with Crippen molar-refractivity contribution in [1.29, 1.82) is 0 Å². The SMILES string of the molecule is O=C(O)c1cn(-c2ncccc2Cl)cn1. The van der Waals surface area contributed by atoms with Gasteiger partial charge in [-0.3, -0.25) is 4.57 Å². The third-order valence-electron chi connectivity index (χ3n) is 1.79. The maximum absolute atomic E-state index is 10.6. The highest BCUT2D eigenvalue weighted by molar-refractivity contribution is 6.32. The fraction of sp³-hybridized carbons (Fsp3) is 0. The number of carboxylic acids is 1. The summed E-state index contributed by atoms with van der Waals surface area (Å²) in [5.41, 5.74) is -0.0447. The van der Waals surface area contributed by atoms with Crippen molar-refractivity contribution in [2.45, 2.75) is 0 Å². The van der Waals surface area contributed by atoms with Crippen molar-refractivity contribution in [1.82, 2.24) is 14.5 Å². The fourth-order valence-corrected chi connectivity index (χ4v) is 1.34. The van der Waals surface area contributed by atoms with E-state index in [1.54, 1.807) is 18.3 Å². The molecule has 6 heteroatoms. The van der Waals surface area contributed by atoms with Crippen molar-refractivity contribution >= 4 is 17.6 Å². The van der Waals surface area contributed by atoms with Crippen LogP contribution in [0.4, 0.5) is 0 Å². The second kappa shape index (κ2) is 3.70. The van der Waals surface area contributed by atoms with Crippen molar-refractivity contribution in [2.24, 2.45) is 0 Å². The Morgan fingerprint density at radius 3 is 2.87 bits per heavy atom. The van der Waals surface area contributed by atoms with Gasteiger partial charge in [0, 0.05) is 12.4 Å². The van der Waals surface area contributed by atoms with Crippen molar-refractivity contribution in [3.63, 3.8) is 0 Å². The number of aromatic carboxylic acids is 1. The van der Waals surface area contributed by atoms with Crippen LogP contribution >= 0.6 is 11.6 Å². The van der Waals surface area contributed by atoms with Crippen LogP contribution in [0.3, 0.4) is 0 Å². The van der Waals surface area contributed by atoms with Crippen LogP contribution in [-0.2, 0) is 0 Å². The summed E-state index contributed by atoms with van der Waals surface area (Å²) in [7, 11) is 0. The zero-order valence-electron chi connectivity index (χ0n) is 7.46. The molecule has 0 aliphatic heterocycles. The molecule has 2 heterocycles. The van der Waals surface area contributed by atoms with E-state index in [0.717, 1.165) is 0 Å². The van der Waals surface area contributed by atoms with E-state index in [2.05, 4.69) is 9.97 Å². The lowest BCUT2D eigenvalue weighted by Crippen LogP contribution is -1.97. The van der Waals surface area contributed by atoms with Crippen LogP contribution in [0.2, 0.25) is 5.02 Å². The normalized spacial score (nSPS) is 10.2. The van der Waals surface area contributed by atoms with Crippen LogP contribution in [0, 0.1) is 0 Å². The van der Waals surface area contributed by atoms with Crippen molar-refractivity contribution in [3.8, 4) is 5.82 Å². The maximum Gasteiger partial charge on any atom is 0.356 e. The van der Waals surface area contributed by atoms with Crippen LogP contribution in [0.5, 0.6) is 0 Å². The summed E-state index contributed by atoms with van der Waals surface area (Å²) in [6, 6.07) is 3.37. The summed E-state index contributed by atoms with van der Waals surface area (Å²) in [6.07, 6.45) is 4.29. The highest BCUT2D eigenvalue weighted by Gasteiger charge is 2.09. The molecule has 0 saturated heterocycles. The predicted octanol–water partition coefficient (Wildman–Crippen LogP) is 1.62. The van der Waals surface area contributed by atoms with E-state index in [-0.39, 0.29) is 5.69 Å². The molecule has 0 aliphatic rings. The number of nitrogens with zero attached hydrogens (tertiary/aromatic N) is 3. The largest absolute Gasteiger partial charge is 0.476 e. The number of hydrogen-bond donors (Lipinski definition) is 1. The molecule has 1 N–H and O–H groups in total. The summed E-state index contributed by atoms with van der Waals surface area (Å²) in [5, 5.41) is 9.12. The van der Waals surface area contributed by atoms with Crippen molar-refractivity contribution in [3.05, 3.63) is 41.6 Å². The summed E-state index contributed by atoms with van der Waals surface area (Å²) in [5.74, 6) is -0.625. The monoisotopic (exact) mass is 223 g/mol. The van der Waals surface area contributed by atoms with Gasteiger partial charge >= 0.3 is 5.97 Å². The lowest BCUT2D eigenvalue weighted by atomic mass is 10.4. The molecule has 2 aromatic heterocycles. The fourth-order valence-electron chi connectivity index (χ4n) is 1.12. The molecule has 15 heavy (non-hydrogen) atoms. The van der Waals surface area contributed by atoms with Crippen LogP contribution in [-0.4, -0.2) is 25.6 Å². The quantitative estimate of drug-likeness (QED) is 0.840. The number of rotatable bonds is 2. The first-order chi connectivity index (χ1) is 7.18. The molecule has 0 saturated carbocycles. The van der Waals surface area contributed by atoms with Crippen LogP contribution in [0.25, 0.3) is 5.82 Å². The highest BCUT2D eigenvalue weighted by atomic mass is 35.5. The average Bonchev–Trinajstić information content (AvgIpc) is 2.67. The van der Waals surface area contributed by atoms with Crippen molar-refractivity contribution < 1.29 is 9.90 Å². The second-order valence-electron chi connectivity index (χ2n) is 2.78. The molecule has 0 unspecified atom stereocenters. The molecule has 76 valence electrons. The lowest BCUT2D eigenvalue weighted by molar-refractivity contribution is 0.0691. The van der Waals surface area contributed by atoms with Gasteiger partial charge in [-0.2, -0.15) is 0 Å². The number of aromatic nitrogens is 3. The van der Waals surface area contributed by atoms with Gasteiger partial charge in [0.1, 0.15) is 6.33 Å². The van der Waals surface area contributed by atoms with Crippen LogP contribution in [0.15, 0.2) is 30.9 Å². The molecule has 2 rings (SSSR count). The Bertz CT molecular complexity index is 510. The average molecular weight is 224 g/mol. The smallest absolute Gasteiger partial charge is 0.356 e. The van der Waals surface area contributed by atoms with E-state index in [1.807, 2.05) is 0 Å². The molecule has 0 fully saturated rings. The zero-order chi connectivity index (χ0) is 10.8. The van der Waals surface area contributed by atoms with Gasteiger partial charge in [0.15, 0.2) is 11.5 Å². The minimum atomic E-state index is -1.08. The summed E-state index contributed by atoms with van der Waals surface area (Å²) in [6.45, 7) is 0. The summed E-state index contributed by atoms with van der Waals surface area (Å²) < 4.78 is 1.46. The Balaban J connectivity index is 2.46. The Morgan fingerprint density at radius 2 is 2.27 bits per heavy atom. The van der Waals surface area contributed by atoms with Gasteiger partial charge in [0.05, 0.1) is 5.02 Å². The van der Waals surface area contributed by atoms with E-state index in [1.165, 1.54) is 17.1 Å². The number of pyridine rings is 1. The lowest BCUT2D eigenvalue weighted by Gasteiger charge is -2.01. The van der Waals surface area contributed by atoms with Gasteiger partial charge in [-0.05, 0) is 12.1 Å². The van der Waals surface area contributed by atoms with Gasteiger partial charge in [-0.25, -0.2) is 14.8 Å². The number of imidazole rings is 1. The third-order valence-corrected chi connectivity index (χ3v) is 2.08. The number of carboxylic acid groups (broad SMARTS) is 1. The number of halogens is 1. The van der Waals surface area contributed by atoms with Crippen molar-refractivity contribution in [2.75, 3.05) is 0 Å². The summed E-state index contributed by atoms with van der Waals surface area (Å²) in [4.78, 5) is 18.3. The van der Waals surface area contributed by atoms with Gasteiger partial charge in [0.25, 0.3) is 0 Å². The predicted molar refractivity (Wildman–Crippen MR) is 53.3 cm³/mol. The minimum absolute atomic E-state index is 0.0447. The Morgan fingerprint density at radius 1 is 1.47 bits per heavy atom. The molecule has 0 aliphatic carbocycles. The topological polar surface area (TPSA) is 68.0 Å². The van der Waals surface area contributed by atoms with E-state index in [0.29, 0.717) is 10.8 Å². The standard InChI is InChI=1S/C9H6ClN3O2/c10-6-2-1-3-11-8(6)13-4-7(9(14)15)12-5-13/h1-5H,(H,14,15).